The van der Waals surface area contributed by atoms with Crippen molar-refractivity contribution in [2.75, 3.05) is 26.0 Å². The Morgan fingerprint density at radius 2 is 2.05 bits per heavy atom. The molecule has 0 aliphatic heterocycles. The van der Waals surface area contributed by atoms with Crippen LogP contribution in [-0.2, 0) is 0 Å². The van der Waals surface area contributed by atoms with Crippen molar-refractivity contribution in [3.63, 3.8) is 0 Å². The zero-order valence-electron chi connectivity index (χ0n) is 13.5. The van der Waals surface area contributed by atoms with Gasteiger partial charge in [0.2, 0.25) is 0 Å². The fourth-order valence-corrected chi connectivity index (χ4v) is 3.44. The minimum Gasteiger partial charge on any atom is -0.360 e. The number of nitrogens with one attached hydrogen (secondary N) is 2. The Hall–Kier alpha value is -1.43. The molecule has 2 rings (SSSR count). The Labute approximate surface area is 142 Å². The molecule has 1 aromatic carbocycles. The number of nitrogens with zero attached hydrogens (tertiary/aromatic N) is 1. The molecule has 0 saturated carbocycles. The van der Waals surface area contributed by atoms with E-state index >= 15 is 0 Å². The fourth-order valence-electron chi connectivity index (χ4n) is 2.33. The molecule has 3 nitrogen and oxygen atoms in total. The van der Waals surface area contributed by atoms with Crippen LogP contribution in [0.4, 0.5) is 5.69 Å². The minimum atomic E-state index is 0.318. The Morgan fingerprint density at radius 3 is 2.64 bits per heavy atom. The molecule has 0 radical (unpaired) electrons. The molecule has 2 N–H and O–H groups in total. The van der Waals surface area contributed by atoms with Crippen molar-refractivity contribution in [2.45, 2.75) is 19.9 Å². The maximum atomic E-state index is 5.43. The molecule has 1 aromatic heterocycles. The molecule has 0 bridgehead atoms. The molecular weight excluding hydrogens is 310 g/mol. The molecule has 0 aliphatic carbocycles. The van der Waals surface area contributed by atoms with Gasteiger partial charge in [0.15, 0.2) is 5.11 Å². The van der Waals surface area contributed by atoms with Crippen LogP contribution in [0.1, 0.15) is 22.0 Å². The number of benzene rings is 1. The second-order valence-corrected chi connectivity index (χ2v) is 7.04. The minimum absolute atomic E-state index is 0.318. The predicted molar refractivity (Wildman–Crippen MR) is 101 cm³/mol. The molecule has 0 spiro atoms. The highest BCUT2D eigenvalue weighted by Gasteiger charge is 2.15. The monoisotopic (exact) mass is 333 g/mol. The van der Waals surface area contributed by atoms with Crippen LogP contribution in [0, 0.1) is 13.8 Å². The molecule has 0 amide bonds. The highest BCUT2D eigenvalue weighted by Crippen LogP contribution is 2.22. The molecule has 2 aromatic rings. The van der Waals surface area contributed by atoms with Gasteiger partial charge in [-0.3, -0.25) is 0 Å². The molecule has 0 aliphatic rings. The van der Waals surface area contributed by atoms with E-state index in [2.05, 4.69) is 79.2 Å². The Balaban J connectivity index is 1.94. The quantitative estimate of drug-likeness (QED) is 0.810. The third kappa shape index (κ3) is 4.53. The highest BCUT2D eigenvalue weighted by atomic mass is 32.1. The summed E-state index contributed by atoms with van der Waals surface area (Å²) in [5.74, 6) is 0. The first kappa shape index (κ1) is 16.9. The van der Waals surface area contributed by atoms with Gasteiger partial charge in [0, 0.05) is 17.1 Å². The van der Waals surface area contributed by atoms with Crippen LogP contribution in [0.3, 0.4) is 0 Å². The molecule has 1 heterocycles. The number of thiophene rings is 1. The zero-order valence-corrected chi connectivity index (χ0v) is 15.1. The van der Waals surface area contributed by atoms with E-state index in [-0.39, 0.29) is 0 Å². The van der Waals surface area contributed by atoms with Crippen molar-refractivity contribution in [2.24, 2.45) is 0 Å². The number of anilines is 1. The van der Waals surface area contributed by atoms with Gasteiger partial charge in [-0.05, 0) is 63.2 Å². The number of rotatable bonds is 5. The van der Waals surface area contributed by atoms with E-state index in [9.17, 15) is 0 Å². The fraction of sp³-hybridized carbons (Fsp3) is 0.353. The average molecular weight is 334 g/mol. The van der Waals surface area contributed by atoms with Gasteiger partial charge in [-0.2, -0.15) is 0 Å². The Morgan fingerprint density at radius 1 is 1.27 bits per heavy atom. The molecule has 0 fully saturated rings. The average Bonchev–Trinajstić information content (AvgIpc) is 2.96. The first-order valence-electron chi connectivity index (χ1n) is 7.29. The maximum absolute atomic E-state index is 5.43. The lowest BCUT2D eigenvalue weighted by Gasteiger charge is -2.24. The summed E-state index contributed by atoms with van der Waals surface area (Å²) in [6, 6.07) is 10.9. The third-order valence-corrected chi connectivity index (χ3v) is 4.80. The second kappa shape index (κ2) is 7.72. The van der Waals surface area contributed by atoms with E-state index in [0.717, 1.165) is 12.2 Å². The number of hydrogen-bond donors (Lipinski definition) is 2. The van der Waals surface area contributed by atoms with Crippen LogP contribution >= 0.6 is 23.6 Å². The normalized spacial score (nSPS) is 12.2. The van der Waals surface area contributed by atoms with Crippen molar-refractivity contribution >= 4 is 34.4 Å². The Bertz CT molecular complexity index is 621. The summed E-state index contributed by atoms with van der Waals surface area (Å²) in [5.41, 5.74) is 3.51. The van der Waals surface area contributed by atoms with Gasteiger partial charge < -0.3 is 15.5 Å². The largest absolute Gasteiger partial charge is 0.360 e. The lowest BCUT2D eigenvalue weighted by molar-refractivity contribution is 0.303. The van der Waals surface area contributed by atoms with Crippen LogP contribution in [0.2, 0.25) is 0 Å². The second-order valence-electron chi connectivity index (χ2n) is 5.65. The standard InChI is InChI=1S/C17H23N3S2/c1-12-7-8-14(13(2)10-12)19-17(21)18-11-15(20(3)4)16-6-5-9-22-16/h5-10,15H,11H2,1-4H3,(H2,18,19,21)/t15-/m0/s1. The van der Waals surface area contributed by atoms with Crippen molar-refractivity contribution in [3.8, 4) is 0 Å². The van der Waals surface area contributed by atoms with Gasteiger partial charge in [-0.15, -0.1) is 11.3 Å². The van der Waals surface area contributed by atoms with Crippen molar-refractivity contribution in [1.82, 2.24) is 10.2 Å². The number of likely N-dealkylation sites (N-methyl/N-ethyl adjacent to an activating group) is 1. The molecule has 0 saturated heterocycles. The topological polar surface area (TPSA) is 27.3 Å². The zero-order chi connectivity index (χ0) is 16.1. The van der Waals surface area contributed by atoms with Crippen LogP contribution < -0.4 is 10.6 Å². The van der Waals surface area contributed by atoms with Gasteiger partial charge in [0.1, 0.15) is 0 Å². The summed E-state index contributed by atoms with van der Waals surface area (Å²) in [4.78, 5) is 3.55. The summed E-state index contributed by atoms with van der Waals surface area (Å²) in [5, 5.41) is 9.38. The molecule has 1 atom stereocenters. The van der Waals surface area contributed by atoms with E-state index < -0.39 is 0 Å². The van der Waals surface area contributed by atoms with Gasteiger partial charge in [0.25, 0.3) is 0 Å². The number of hydrogen-bond acceptors (Lipinski definition) is 3. The lowest BCUT2D eigenvalue weighted by atomic mass is 10.1. The Kier molecular flexibility index (Phi) is 5.94. The summed E-state index contributed by atoms with van der Waals surface area (Å²) < 4.78 is 0. The van der Waals surface area contributed by atoms with E-state index in [4.69, 9.17) is 12.2 Å². The molecular formula is C17H23N3S2. The number of thiocarbonyl (C=S) groups is 1. The van der Waals surface area contributed by atoms with Crippen molar-refractivity contribution in [1.29, 1.82) is 0 Å². The predicted octanol–water partition coefficient (Wildman–Crippen LogP) is 3.95. The van der Waals surface area contributed by atoms with E-state index in [1.165, 1.54) is 16.0 Å². The smallest absolute Gasteiger partial charge is 0.170 e. The number of aryl methyl sites for hydroxylation is 2. The van der Waals surface area contributed by atoms with E-state index in [0.29, 0.717) is 11.2 Å². The van der Waals surface area contributed by atoms with Crippen molar-refractivity contribution < 1.29 is 0 Å². The van der Waals surface area contributed by atoms with Gasteiger partial charge in [-0.1, -0.05) is 23.8 Å². The van der Waals surface area contributed by atoms with Crippen LogP contribution in [0.25, 0.3) is 0 Å². The highest BCUT2D eigenvalue weighted by molar-refractivity contribution is 7.80. The van der Waals surface area contributed by atoms with Gasteiger partial charge >= 0.3 is 0 Å². The van der Waals surface area contributed by atoms with Gasteiger partial charge in [-0.25, -0.2) is 0 Å². The molecule has 0 unspecified atom stereocenters. The summed E-state index contributed by atoms with van der Waals surface area (Å²) in [6.07, 6.45) is 0. The summed E-state index contributed by atoms with van der Waals surface area (Å²) in [7, 11) is 4.18. The summed E-state index contributed by atoms with van der Waals surface area (Å²) >= 11 is 7.20. The first-order valence-corrected chi connectivity index (χ1v) is 8.58. The van der Waals surface area contributed by atoms with Crippen LogP contribution in [0.5, 0.6) is 0 Å². The first-order chi connectivity index (χ1) is 10.5. The van der Waals surface area contributed by atoms with E-state index in [1.54, 1.807) is 11.3 Å². The summed E-state index contributed by atoms with van der Waals surface area (Å²) in [6.45, 7) is 4.96. The maximum Gasteiger partial charge on any atom is 0.170 e. The van der Waals surface area contributed by atoms with E-state index in [1.807, 2.05) is 0 Å². The molecule has 5 heteroatoms. The third-order valence-electron chi connectivity index (χ3n) is 3.58. The molecule has 22 heavy (non-hydrogen) atoms. The van der Waals surface area contributed by atoms with Gasteiger partial charge in [0.05, 0.1) is 6.04 Å². The van der Waals surface area contributed by atoms with Crippen molar-refractivity contribution in [3.05, 3.63) is 51.7 Å². The van der Waals surface area contributed by atoms with Crippen LogP contribution in [-0.4, -0.2) is 30.7 Å². The van der Waals surface area contributed by atoms with Crippen LogP contribution in [0.15, 0.2) is 35.7 Å². The molecule has 118 valence electrons. The SMILES string of the molecule is Cc1ccc(NC(=S)NC[C@@H](c2cccs2)N(C)C)c(C)c1. The lowest BCUT2D eigenvalue weighted by Crippen LogP contribution is -2.36.